The van der Waals surface area contributed by atoms with Crippen LogP contribution in [0.1, 0.15) is 43.1 Å². The van der Waals surface area contributed by atoms with Gasteiger partial charge in [-0.1, -0.05) is 5.16 Å². The van der Waals surface area contributed by atoms with Crippen LogP contribution in [0.15, 0.2) is 53.6 Å². The normalized spacial score (nSPS) is 23.7. The van der Waals surface area contributed by atoms with Crippen LogP contribution in [0.3, 0.4) is 0 Å². The SMILES string of the molecule is O=C(Cc1ccncc1)N1[C@@H]2CC[C@H]1CC(c1nc(-c3ccncc3)no1)C2. The number of fused-ring (bicyclic) bond motifs is 2. The van der Waals surface area contributed by atoms with E-state index in [1.807, 2.05) is 24.3 Å². The Bertz CT molecular complexity index is 945. The molecule has 2 aliphatic rings. The Labute approximate surface area is 162 Å². The van der Waals surface area contributed by atoms with E-state index < -0.39 is 0 Å². The lowest BCUT2D eigenvalue weighted by Crippen LogP contribution is -2.46. The Morgan fingerprint density at radius 2 is 1.64 bits per heavy atom. The van der Waals surface area contributed by atoms with E-state index in [1.165, 1.54) is 0 Å². The molecule has 3 aromatic heterocycles. The molecular weight excluding hydrogens is 354 g/mol. The molecule has 2 aliphatic heterocycles. The highest BCUT2D eigenvalue weighted by Crippen LogP contribution is 2.43. The number of rotatable bonds is 4. The van der Waals surface area contributed by atoms with Crippen LogP contribution in [0, 0.1) is 0 Å². The molecule has 2 fully saturated rings. The lowest BCUT2D eigenvalue weighted by molar-refractivity contribution is -0.135. The minimum absolute atomic E-state index is 0.208. The molecule has 28 heavy (non-hydrogen) atoms. The van der Waals surface area contributed by atoms with Crippen LogP contribution in [-0.4, -0.2) is 43.0 Å². The number of hydrogen-bond donors (Lipinski definition) is 0. The molecule has 7 nitrogen and oxygen atoms in total. The minimum atomic E-state index is 0.208. The summed E-state index contributed by atoms with van der Waals surface area (Å²) >= 11 is 0. The highest BCUT2D eigenvalue weighted by molar-refractivity contribution is 5.80. The first kappa shape index (κ1) is 17.0. The largest absolute Gasteiger partial charge is 0.339 e. The van der Waals surface area contributed by atoms with E-state index in [0.29, 0.717) is 18.1 Å². The maximum absolute atomic E-state index is 12.9. The van der Waals surface area contributed by atoms with Crippen LogP contribution in [0.4, 0.5) is 0 Å². The number of pyridine rings is 2. The first-order chi connectivity index (χ1) is 13.8. The van der Waals surface area contributed by atoms with Gasteiger partial charge in [0.25, 0.3) is 0 Å². The van der Waals surface area contributed by atoms with E-state index in [1.54, 1.807) is 24.8 Å². The number of carbonyl (C=O) groups is 1. The molecule has 3 aromatic rings. The predicted molar refractivity (Wildman–Crippen MR) is 101 cm³/mol. The zero-order valence-electron chi connectivity index (χ0n) is 15.4. The van der Waals surface area contributed by atoms with Crippen molar-refractivity contribution in [2.75, 3.05) is 0 Å². The Hall–Kier alpha value is -3.09. The van der Waals surface area contributed by atoms with Crippen LogP contribution < -0.4 is 0 Å². The highest BCUT2D eigenvalue weighted by Gasteiger charge is 2.44. The monoisotopic (exact) mass is 375 g/mol. The van der Waals surface area contributed by atoms with E-state index in [0.717, 1.165) is 36.8 Å². The second-order valence-electron chi connectivity index (χ2n) is 7.58. The minimum Gasteiger partial charge on any atom is -0.339 e. The molecule has 1 unspecified atom stereocenters. The molecule has 0 spiro atoms. The number of carbonyl (C=O) groups excluding carboxylic acids is 1. The van der Waals surface area contributed by atoms with Crippen LogP contribution in [-0.2, 0) is 11.2 Å². The van der Waals surface area contributed by atoms with Gasteiger partial charge < -0.3 is 9.42 Å². The van der Waals surface area contributed by atoms with Crippen molar-refractivity contribution in [2.45, 2.75) is 50.1 Å². The fourth-order valence-corrected chi connectivity index (χ4v) is 4.57. The van der Waals surface area contributed by atoms with Crippen molar-refractivity contribution < 1.29 is 9.32 Å². The van der Waals surface area contributed by atoms with E-state index >= 15 is 0 Å². The topological polar surface area (TPSA) is 85.0 Å². The van der Waals surface area contributed by atoms with E-state index in [4.69, 9.17) is 4.52 Å². The van der Waals surface area contributed by atoms with Gasteiger partial charge in [0.1, 0.15) is 0 Å². The number of hydrogen-bond acceptors (Lipinski definition) is 6. The van der Waals surface area contributed by atoms with Gasteiger partial charge in [-0.3, -0.25) is 14.8 Å². The van der Waals surface area contributed by atoms with Gasteiger partial charge in [0, 0.05) is 48.4 Å². The van der Waals surface area contributed by atoms with Crippen LogP contribution >= 0.6 is 0 Å². The van der Waals surface area contributed by atoms with Gasteiger partial charge in [0.15, 0.2) is 0 Å². The number of aromatic nitrogens is 4. The number of amides is 1. The molecule has 0 radical (unpaired) electrons. The number of piperidine rings is 1. The molecule has 0 saturated carbocycles. The van der Waals surface area contributed by atoms with Gasteiger partial charge in [-0.15, -0.1) is 0 Å². The molecule has 0 aromatic carbocycles. The maximum Gasteiger partial charge on any atom is 0.230 e. The zero-order chi connectivity index (χ0) is 18.9. The molecule has 142 valence electrons. The maximum atomic E-state index is 12.9. The summed E-state index contributed by atoms with van der Waals surface area (Å²) in [4.78, 5) is 27.7. The molecule has 0 N–H and O–H groups in total. The molecule has 3 atom stereocenters. The smallest absolute Gasteiger partial charge is 0.230 e. The van der Waals surface area contributed by atoms with Crippen molar-refractivity contribution in [1.82, 2.24) is 25.0 Å². The first-order valence-electron chi connectivity index (χ1n) is 9.72. The van der Waals surface area contributed by atoms with Crippen LogP contribution in [0.2, 0.25) is 0 Å². The van der Waals surface area contributed by atoms with Gasteiger partial charge in [0.05, 0.1) is 6.42 Å². The molecule has 1 amide bonds. The third-order valence-corrected chi connectivity index (χ3v) is 5.86. The lowest BCUT2D eigenvalue weighted by Gasteiger charge is -2.38. The Kier molecular flexibility index (Phi) is 4.35. The van der Waals surface area contributed by atoms with Crippen molar-refractivity contribution in [3.63, 3.8) is 0 Å². The molecule has 2 saturated heterocycles. The van der Waals surface area contributed by atoms with Crippen molar-refractivity contribution >= 4 is 5.91 Å². The molecule has 5 rings (SSSR count). The lowest BCUT2D eigenvalue weighted by atomic mass is 9.90. The van der Waals surface area contributed by atoms with Gasteiger partial charge in [-0.05, 0) is 55.5 Å². The fraction of sp³-hybridized carbons (Fsp3) is 0.381. The molecule has 5 heterocycles. The Balaban J connectivity index is 1.29. The summed E-state index contributed by atoms with van der Waals surface area (Å²) in [6, 6.07) is 8.08. The Morgan fingerprint density at radius 3 is 2.32 bits per heavy atom. The standard InChI is InChI=1S/C21H21N5O2/c27-19(11-14-3-7-22-8-4-14)26-17-1-2-18(26)13-16(12-17)21-24-20(25-28-21)15-5-9-23-10-6-15/h3-10,16-18H,1-2,11-13H2/t16?,17-,18+. The molecule has 7 heteroatoms. The van der Waals surface area contributed by atoms with Crippen molar-refractivity contribution in [3.05, 3.63) is 60.5 Å². The second kappa shape index (κ2) is 7.14. The summed E-state index contributed by atoms with van der Waals surface area (Å²) < 4.78 is 5.58. The zero-order valence-corrected chi connectivity index (χ0v) is 15.4. The Morgan fingerprint density at radius 1 is 1.00 bits per heavy atom. The van der Waals surface area contributed by atoms with Crippen molar-refractivity contribution in [3.8, 4) is 11.4 Å². The third-order valence-electron chi connectivity index (χ3n) is 5.86. The summed E-state index contributed by atoms with van der Waals surface area (Å²) in [7, 11) is 0. The van der Waals surface area contributed by atoms with E-state index in [9.17, 15) is 4.79 Å². The number of nitrogens with zero attached hydrogens (tertiary/aromatic N) is 5. The molecular formula is C21H21N5O2. The van der Waals surface area contributed by atoms with Crippen LogP contribution in [0.25, 0.3) is 11.4 Å². The van der Waals surface area contributed by atoms with Gasteiger partial charge in [-0.2, -0.15) is 4.98 Å². The van der Waals surface area contributed by atoms with Gasteiger partial charge in [-0.25, -0.2) is 0 Å². The summed E-state index contributed by atoms with van der Waals surface area (Å²) in [6.45, 7) is 0. The van der Waals surface area contributed by atoms with E-state index in [2.05, 4.69) is 25.0 Å². The third kappa shape index (κ3) is 3.17. The summed E-state index contributed by atoms with van der Waals surface area (Å²) in [5.74, 6) is 1.71. The van der Waals surface area contributed by atoms with Gasteiger partial charge in [0.2, 0.25) is 17.6 Å². The summed E-state index contributed by atoms with van der Waals surface area (Å²) in [6.07, 6.45) is 11.2. The first-order valence-corrected chi connectivity index (χ1v) is 9.72. The van der Waals surface area contributed by atoms with Crippen molar-refractivity contribution in [2.24, 2.45) is 0 Å². The fourth-order valence-electron chi connectivity index (χ4n) is 4.57. The van der Waals surface area contributed by atoms with Crippen molar-refractivity contribution in [1.29, 1.82) is 0 Å². The van der Waals surface area contributed by atoms with E-state index in [-0.39, 0.29) is 23.9 Å². The summed E-state index contributed by atoms with van der Waals surface area (Å²) in [5, 5.41) is 4.14. The second-order valence-corrected chi connectivity index (χ2v) is 7.58. The summed E-state index contributed by atoms with van der Waals surface area (Å²) in [5.41, 5.74) is 1.92. The molecule has 0 aliphatic carbocycles. The average Bonchev–Trinajstić information content (AvgIpc) is 3.32. The predicted octanol–water partition coefficient (Wildman–Crippen LogP) is 3.01. The average molecular weight is 375 g/mol. The highest BCUT2D eigenvalue weighted by atomic mass is 16.5. The van der Waals surface area contributed by atoms with Crippen LogP contribution in [0.5, 0.6) is 0 Å². The quantitative estimate of drug-likeness (QED) is 0.697. The molecule has 2 bridgehead atoms. The van der Waals surface area contributed by atoms with Gasteiger partial charge >= 0.3 is 0 Å².